The largest absolute Gasteiger partial charge is 0.278 e. The van der Waals surface area contributed by atoms with Crippen LogP contribution in [-0.4, -0.2) is 38.5 Å². The van der Waals surface area contributed by atoms with E-state index in [1.54, 1.807) is 29.8 Å². The number of imide groups is 1. The molecule has 2 aromatic carbocycles. The minimum atomic E-state index is -0.344. The fraction of sp³-hybridized carbons (Fsp3) is 0.200. The van der Waals surface area contributed by atoms with Crippen LogP contribution in [0.1, 0.15) is 29.6 Å². The molecule has 1 fully saturated rings. The Kier molecular flexibility index (Phi) is 6.01. The van der Waals surface area contributed by atoms with Gasteiger partial charge in [-0.05, 0) is 36.6 Å². The van der Waals surface area contributed by atoms with E-state index in [1.807, 2.05) is 36.4 Å². The summed E-state index contributed by atoms with van der Waals surface area (Å²) in [6.07, 6.45) is 4.00. The number of amides is 2. The Hall–Kier alpha value is -3.03. The number of aromatic nitrogens is 2. The molecule has 0 aliphatic carbocycles. The van der Waals surface area contributed by atoms with Crippen molar-refractivity contribution in [3.8, 4) is 10.4 Å². The molecule has 160 valence electrons. The van der Waals surface area contributed by atoms with E-state index in [0.29, 0.717) is 12.1 Å². The third kappa shape index (κ3) is 4.18. The van der Waals surface area contributed by atoms with Gasteiger partial charge >= 0.3 is 0 Å². The molecule has 5 rings (SSSR count). The minimum absolute atomic E-state index is 0.133. The number of carbonyl (C=O) groups excluding carboxylic acids is 2. The summed E-state index contributed by atoms with van der Waals surface area (Å²) < 4.78 is 0. The molecule has 1 saturated heterocycles. The number of thioether (sulfide) groups is 1. The maximum atomic E-state index is 13.4. The molecule has 3 heterocycles. The molecule has 2 aromatic heterocycles. The van der Waals surface area contributed by atoms with Gasteiger partial charge in [0.15, 0.2) is 0 Å². The van der Waals surface area contributed by atoms with E-state index < -0.39 is 0 Å². The van der Waals surface area contributed by atoms with E-state index >= 15 is 0 Å². The van der Waals surface area contributed by atoms with Crippen molar-refractivity contribution in [1.29, 1.82) is 0 Å². The van der Waals surface area contributed by atoms with Crippen LogP contribution in [0.4, 0.5) is 0 Å². The summed E-state index contributed by atoms with van der Waals surface area (Å²) in [5.41, 5.74) is 1.68. The molecule has 0 radical (unpaired) electrons. The first-order valence-electron chi connectivity index (χ1n) is 10.6. The Balaban J connectivity index is 1.43. The zero-order chi connectivity index (χ0) is 21.9. The standard InChI is InChI=1S/C25H21N3O2S2/c29-24(18-11-5-2-6-12-18)28-14-8-7-13-20(25(28)30)31-22-19-15-21(17-9-3-1-4-10-17)32-23(19)27-16-26-22/h1-6,9-12,15-16,20H,7-8,13-14H2. The molecule has 2 amide bonds. The average Bonchev–Trinajstić information content (AvgIpc) is 3.21. The zero-order valence-corrected chi connectivity index (χ0v) is 18.9. The van der Waals surface area contributed by atoms with Crippen LogP contribution in [0.15, 0.2) is 78.1 Å². The van der Waals surface area contributed by atoms with Crippen LogP contribution in [0.2, 0.25) is 0 Å². The van der Waals surface area contributed by atoms with Crippen LogP contribution in [0.25, 0.3) is 20.7 Å². The monoisotopic (exact) mass is 459 g/mol. The molecule has 0 bridgehead atoms. The second kappa shape index (κ2) is 9.22. The van der Waals surface area contributed by atoms with Crippen molar-refractivity contribution < 1.29 is 9.59 Å². The van der Waals surface area contributed by atoms with Crippen LogP contribution >= 0.6 is 23.1 Å². The number of hydrogen-bond acceptors (Lipinski definition) is 6. The van der Waals surface area contributed by atoms with E-state index in [2.05, 4.69) is 28.2 Å². The maximum Gasteiger partial charge on any atom is 0.260 e. The fourth-order valence-corrected chi connectivity index (χ4v) is 6.10. The summed E-state index contributed by atoms with van der Waals surface area (Å²) in [7, 11) is 0. The summed E-state index contributed by atoms with van der Waals surface area (Å²) >= 11 is 3.07. The lowest BCUT2D eigenvalue weighted by Crippen LogP contribution is -2.41. The van der Waals surface area contributed by atoms with Crippen molar-refractivity contribution in [2.45, 2.75) is 29.5 Å². The van der Waals surface area contributed by atoms with Crippen LogP contribution in [0, 0.1) is 0 Å². The molecular weight excluding hydrogens is 438 g/mol. The summed E-state index contributed by atoms with van der Waals surface area (Å²) in [5.74, 6) is -0.357. The Labute approximate surface area is 194 Å². The fourth-order valence-electron chi connectivity index (χ4n) is 3.86. The zero-order valence-electron chi connectivity index (χ0n) is 17.3. The maximum absolute atomic E-state index is 13.4. The normalized spacial score (nSPS) is 16.8. The van der Waals surface area contributed by atoms with Crippen LogP contribution in [-0.2, 0) is 4.79 Å². The first-order valence-corrected chi connectivity index (χ1v) is 12.3. The molecule has 1 aliphatic rings. The van der Waals surface area contributed by atoms with Crippen molar-refractivity contribution in [2.24, 2.45) is 0 Å². The van der Waals surface area contributed by atoms with Gasteiger partial charge in [-0.15, -0.1) is 11.3 Å². The first kappa shape index (κ1) is 20.8. The van der Waals surface area contributed by atoms with Crippen molar-refractivity contribution in [3.63, 3.8) is 0 Å². The topological polar surface area (TPSA) is 63.2 Å². The number of nitrogens with zero attached hydrogens (tertiary/aromatic N) is 3. The number of fused-ring (bicyclic) bond motifs is 1. The van der Waals surface area contributed by atoms with Crippen molar-refractivity contribution in [1.82, 2.24) is 14.9 Å². The van der Waals surface area contributed by atoms with Gasteiger partial charge in [-0.25, -0.2) is 9.97 Å². The minimum Gasteiger partial charge on any atom is -0.278 e. The predicted molar refractivity (Wildman–Crippen MR) is 129 cm³/mol. The highest BCUT2D eigenvalue weighted by Crippen LogP contribution is 2.38. The van der Waals surface area contributed by atoms with Crippen molar-refractivity contribution in [2.75, 3.05) is 6.54 Å². The molecule has 1 atom stereocenters. The second-order valence-electron chi connectivity index (χ2n) is 7.64. The lowest BCUT2D eigenvalue weighted by atomic mass is 10.2. The number of likely N-dealkylation sites (tertiary alicyclic amines) is 1. The highest BCUT2D eigenvalue weighted by Gasteiger charge is 2.33. The summed E-state index contributed by atoms with van der Waals surface area (Å²) in [6, 6.07) is 21.3. The van der Waals surface area contributed by atoms with E-state index in [-0.39, 0.29) is 17.1 Å². The van der Waals surface area contributed by atoms with E-state index in [0.717, 1.165) is 44.9 Å². The van der Waals surface area contributed by atoms with Crippen LogP contribution in [0.3, 0.4) is 0 Å². The number of carbonyl (C=O) groups is 2. The summed E-state index contributed by atoms with van der Waals surface area (Å²) in [5, 5.41) is 1.41. The van der Waals surface area contributed by atoms with Gasteiger partial charge in [0.25, 0.3) is 5.91 Å². The number of rotatable bonds is 4. The number of hydrogen-bond donors (Lipinski definition) is 0. The Morgan fingerprint density at radius 3 is 2.53 bits per heavy atom. The molecule has 0 N–H and O–H groups in total. The lowest BCUT2D eigenvalue weighted by molar-refractivity contribution is -0.127. The van der Waals surface area contributed by atoms with E-state index in [9.17, 15) is 9.59 Å². The highest BCUT2D eigenvalue weighted by molar-refractivity contribution is 8.00. The van der Waals surface area contributed by atoms with Crippen LogP contribution < -0.4 is 0 Å². The third-order valence-corrected chi connectivity index (χ3v) is 7.87. The van der Waals surface area contributed by atoms with Gasteiger partial charge in [-0.1, -0.05) is 66.7 Å². The lowest BCUT2D eigenvalue weighted by Gasteiger charge is -2.22. The molecule has 1 unspecified atom stereocenters. The average molecular weight is 460 g/mol. The SMILES string of the molecule is O=C(c1ccccc1)N1CCCCC(Sc2ncnc3sc(-c4ccccc4)cc23)C1=O. The number of thiophene rings is 1. The second-order valence-corrected chi connectivity index (χ2v) is 9.86. The highest BCUT2D eigenvalue weighted by atomic mass is 32.2. The summed E-state index contributed by atoms with van der Waals surface area (Å²) in [4.78, 5) is 38.8. The summed E-state index contributed by atoms with van der Waals surface area (Å²) in [6.45, 7) is 0.458. The molecule has 7 heteroatoms. The molecule has 0 spiro atoms. The quantitative estimate of drug-likeness (QED) is 0.291. The smallest absolute Gasteiger partial charge is 0.260 e. The Morgan fingerprint density at radius 2 is 1.75 bits per heavy atom. The van der Waals surface area contributed by atoms with Gasteiger partial charge in [0.1, 0.15) is 16.2 Å². The van der Waals surface area contributed by atoms with Crippen LogP contribution in [0.5, 0.6) is 0 Å². The third-order valence-electron chi connectivity index (χ3n) is 5.51. The molecule has 32 heavy (non-hydrogen) atoms. The van der Waals surface area contributed by atoms with E-state index in [4.69, 9.17) is 0 Å². The predicted octanol–water partition coefficient (Wildman–Crippen LogP) is 5.67. The van der Waals surface area contributed by atoms with Gasteiger partial charge in [-0.2, -0.15) is 0 Å². The van der Waals surface area contributed by atoms with Gasteiger partial charge in [0.05, 0.1) is 5.25 Å². The first-order chi connectivity index (χ1) is 15.7. The van der Waals surface area contributed by atoms with Gasteiger partial charge in [-0.3, -0.25) is 14.5 Å². The molecule has 1 aliphatic heterocycles. The van der Waals surface area contributed by atoms with Gasteiger partial charge in [0, 0.05) is 22.4 Å². The molecule has 0 saturated carbocycles. The van der Waals surface area contributed by atoms with Gasteiger partial charge < -0.3 is 0 Å². The van der Waals surface area contributed by atoms with Gasteiger partial charge in [0.2, 0.25) is 5.91 Å². The Bertz CT molecular complexity index is 1260. The van der Waals surface area contributed by atoms with Crippen molar-refractivity contribution in [3.05, 3.63) is 78.6 Å². The Morgan fingerprint density at radius 1 is 1.00 bits per heavy atom. The molecular formula is C25H21N3O2S2. The number of benzene rings is 2. The molecule has 4 aromatic rings. The van der Waals surface area contributed by atoms with Crippen molar-refractivity contribution >= 4 is 45.1 Å². The van der Waals surface area contributed by atoms with E-state index in [1.165, 1.54) is 16.7 Å². The molecule has 5 nitrogen and oxygen atoms in total.